The third kappa shape index (κ3) is 3.20. The SMILES string of the molecule is O=C([O-])c1nc2c3cccnc3c3ncccc3c2nc1C(=O)[O-].[Na+].[Na+]. The molecule has 4 rings (SSSR count). The molecule has 0 bridgehead atoms. The maximum Gasteiger partial charge on any atom is 1.00 e. The van der Waals surface area contributed by atoms with Crippen molar-refractivity contribution < 1.29 is 78.9 Å². The van der Waals surface area contributed by atoms with Crippen LogP contribution in [-0.4, -0.2) is 31.9 Å². The standard InChI is InChI=1S/C16H8N4O4.2Na/c21-15(22)13-14(16(23)24)20-12-8-4-2-6-18-10(8)9-7(11(12)19-13)3-1-5-17-9;;/h1-6H,(H,21,22)(H,23,24);;/q;2*+1/p-2. The normalized spacial score (nSPS) is 10.3. The summed E-state index contributed by atoms with van der Waals surface area (Å²) < 4.78 is 0. The van der Waals surface area contributed by atoms with Gasteiger partial charge in [-0.15, -0.1) is 0 Å². The van der Waals surface area contributed by atoms with Crippen molar-refractivity contribution in [2.45, 2.75) is 0 Å². The third-order valence-electron chi connectivity index (χ3n) is 3.63. The van der Waals surface area contributed by atoms with Gasteiger partial charge in [-0.3, -0.25) is 9.97 Å². The summed E-state index contributed by atoms with van der Waals surface area (Å²) in [5, 5.41) is 23.5. The van der Waals surface area contributed by atoms with Gasteiger partial charge in [-0.25, -0.2) is 9.97 Å². The van der Waals surface area contributed by atoms with Gasteiger partial charge >= 0.3 is 59.1 Å². The molecule has 4 aromatic rings. The van der Waals surface area contributed by atoms with Crippen molar-refractivity contribution in [2.75, 3.05) is 0 Å². The molecule has 0 aliphatic rings. The second-order valence-corrected chi connectivity index (χ2v) is 4.99. The van der Waals surface area contributed by atoms with Gasteiger partial charge in [0.15, 0.2) is 0 Å². The molecule has 10 heteroatoms. The van der Waals surface area contributed by atoms with Gasteiger partial charge in [0.05, 0.1) is 34.0 Å². The summed E-state index contributed by atoms with van der Waals surface area (Å²) >= 11 is 0. The Morgan fingerprint density at radius 1 is 0.692 bits per heavy atom. The van der Waals surface area contributed by atoms with Gasteiger partial charge in [0, 0.05) is 23.2 Å². The van der Waals surface area contributed by atoms with Crippen LogP contribution in [0.25, 0.3) is 32.8 Å². The molecule has 0 spiro atoms. The van der Waals surface area contributed by atoms with Crippen molar-refractivity contribution in [1.82, 2.24) is 19.9 Å². The van der Waals surface area contributed by atoms with E-state index < -0.39 is 23.3 Å². The molecule has 0 N–H and O–H groups in total. The quantitative estimate of drug-likeness (QED) is 0.253. The molecule has 0 unspecified atom stereocenters. The van der Waals surface area contributed by atoms with Crippen LogP contribution in [0.3, 0.4) is 0 Å². The zero-order chi connectivity index (χ0) is 16.8. The number of rotatable bonds is 2. The summed E-state index contributed by atoms with van der Waals surface area (Å²) in [6.07, 6.45) is 3.15. The first kappa shape index (κ1) is 20.6. The smallest absolute Gasteiger partial charge is 0.543 e. The van der Waals surface area contributed by atoms with E-state index >= 15 is 0 Å². The number of fused-ring (bicyclic) bond motifs is 6. The van der Waals surface area contributed by atoms with Crippen molar-refractivity contribution in [3.63, 3.8) is 0 Å². The fraction of sp³-hybridized carbons (Fsp3) is 0. The van der Waals surface area contributed by atoms with Gasteiger partial charge in [-0.2, -0.15) is 0 Å². The maximum absolute atomic E-state index is 11.2. The molecular weight excluding hydrogens is 358 g/mol. The molecule has 0 fully saturated rings. The summed E-state index contributed by atoms with van der Waals surface area (Å²) in [6, 6.07) is 6.68. The minimum atomic E-state index is -1.74. The summed E-state index contributed by atoms with van der Waals surface area (Å²) in [4.78, 5) is 38.9. The Bertz CT molecular complexity index is 1090. The largest absolute Gasteiger partial charge is 1.00 e. The molecule has 0 aliphatic carbocycles. The van der Waals surface area contributed by atoms with Crippen LogP contribution >= 0.6 is 0 Å². The molecule has 116 valence electrons. The topological polar surface area (TPSA) is 132 Å². The molecule has 0 saturated carbocycles. The Balaban J connectivity index is 0.00000121. The van der Waals surface area contributed by atoms with Gasteiger partial charge in [0.2, 0.25) is 0 Å². The van der Waals surface area contributed by atoms with Crippen LogP contribution in [0.5, 0.6) is 0 Å². The van der Waals surface area contributed by atoms with Crippen molar-refractivity contribution >= 4 is 44.8 Å². The number of carbonyl (C=O) groups excluding carboxylic acids is 2. The van der Waals surface area contributed by atoms with Crippen LogP contribution in [0.1, 0.15) is 21.0 Å². The fourth-order valence-corrected chi connectivity index (χ4v) is 2.67. The first-order chi connectivity index (χ1) is 11.6. The average Bonchev–Trinajstić information content (AvgIpc) is 2.60. The second kappa shape index (κ2) is 7.91. The molecule has 1 aromatic carbocycles. The van der Waals surface area contributed by atoms with Gasteiger partial charge in [-0.05, 0) is 24.3 Å². The second-order valence-electron chi connectivity index (χ2n) is 4.99. The summed E-state index contributed by atoms with van der Waals surface area (Å²) in [6.45, 7) is 0. The van der Waals surface area contributed by atoms with E-state index in [0.717, 1.165) is 0 Å². The average molecular weight is 364 g/mol. The minimum absolute atomic E-state index is 0. The van der Waals surface area contributed by atoms with E-state index in [2.05, 4.69) is 19.9 Å². The van der Waals surface area contributed by atoms with Gasteiger partial charge in [0.25, 0.3) is 0 Å². The number of hydrogen-bond acceptors (Lipinski definition) is 8. The van der Waals surface area contributed by atoms with Gasteiger partial charge < -0.3 is 19.8 Å². The fourth-order valence-electron chi connectivity index (χ4n) is 2.67. The maximum atomic E-state index is 11.2. The Kier molecular flexibility index (Phi) is 6.28. The summed E-state index contributed by atoms with van der Waals surface area (Å²) in [7, 11) is 0. The number of aromatic nitrogens is 4. The van der Waals surface area contributed by atoms with E-state index in [4.69, 9.17) is 0 Å². The predicted molar refractivity (Wildman–Crippen MR) is 78.8 cm³/mol. The van der Waals surface area contributed by atoms with Crippen molar-refractivity contribution in [2.24, 2.45) is 0 Å². The third-order valence-corrected chi connectivity index (χ3v) is 3.63. The van der Waals surface area contributed by atoms with Crippen LogP contribution in [0.4, 0.5) is 0 Å². The Hall–Kier alpha value is -1.68. The zero-order valence-electron chi connectivity index (χ0n) is 13.9. The molecule has 0 amide bonds. The number of pyridine rings is 2. The predicted octanol–water partition coefficient (Wildman–Crippen LogP) is -6.54. The summed E-state index contributed by atoms with van der Waals surface area (Å²) in [5.74, 6) is -3.49. The first-order valence-corrected chi connectivity index (χ1v) is 6.84. The number of carboxylic acids is 2. The van der Waals surface area contributed by atoms with E-state index in [1.54, 1.807) is 36.7 Å². The van der Waals surface area contributed by atoms with Crippen LogP contribution in [0, 0.1) is 0 Å². The number of hydrogen-bond donors (Lipinski definition) is 0. The first-order valence-electron chi connectivity index (χ1n) is 6.84. The van der Waals surface area contributed by atoms with E-state index in [9.17, 15) is 19.8 Å². The van der Waals surface area contributed by atoms with E-state index in [1.165, 1.54) is 0 Å². The van der Waals surface area contributed by atoms with Gasteiger partial charge in [-0.1, -0.05) is 0 Å². The number of carbonyl (C=O) groups is 2. The molecule has 0 radical (unpaired) electrons. The number of carboxylic acid groups (broad SMARTS) is 2. The molecule has 8 nitrogen and oxygen atoms in total. The molecule has 3 aromatic heterocycles. The number of aromatic carboxylic acids is 2. The van der Waals surface area contributed by atoms with Crippen LogP contribution in [0.2, 0.25) is 0 Å². The summed E-state index contributed by atoms with van der Waals surface area (Å²) in [5.41, 5.74) is -0.113. The number of benzene rings is 1. The van der Waals surface area contributed by atoms with Crippen molar-refractivity contribution in [3.8, 4) is 0 Å². The van der Waals surface area contributed by atoms with E-state index in [1.807, 2.05) is 0 Å². The zero-order valence-corrected chi connectivity index (χ0v) is 17.9. The van der Waals surface area contributed by atoms with E-state index in [-0.39, 0.29) is 70.1 Å². The van der Waals surface area contributed by atoms with E-state index in [0.29, 0.717) is 21.8 Å². The van der Waals surface area contributed by atoms with Crippen molar-refractivity contribution in [1.29, 1.82) is 0 Å². The molecule has 0 atom stereocenters. The van der Waals surface area contributed by atoms with Gasteiger partial charge in [0.1, 0.15) is 11.4 Å². The monoisotopic (exact) mass is 364 g/mol. The Labute approximate surface area is 190 Å². The Morgan fingerprint density at radius 3 is 1.42 bits per heavy atom. The molecule has 0 saturated heterocycles. The molecule has 3 heterocycles. The number of nitrogens with zero attached hydrogens (tertiary/aromatic N) is 4. The molecular formula is C16H6N4Na2O4. The minimum Gasteiger partial charge on any atom is -0.543 e. The van der Waals surface area contributed by atoms with Crippen molar-refractivity contribution in [3.05, 3.63) is 48.0 Å². The Morgan fingerprint density at radius 2 is 1.08 bits per heavy atom. The van der Waals surface area contributed by atoms with Crippen LogP contribution in [0.15, 0.2) is 36.7 Å². The van der Waals surface area contributed by atoms with Crippen LogP contribution in [-0.2, 0) is 0 Å². The van der Waals surface area contributed by atoms with Crippen LogP contribution < -0.4 is 69.3 Å². The molecule has 26 heavy (non-hydrogen) atoms. The molecule has 0 aliphatic heterocycles.